The van der Waals surface area contributed by atoms with Crippen molar-refractivity contribution in [3.63, 3.8) is 0 Å². The van der Waals surface area contributed by atoms with Gasteiger partial charge in [0.2, 0.25) is 0 Å². The van der Waals surface area contributed by atoms with Gasteiger partial charge in [-0.2, -0.15) is 0 Å². The highest BCUT2D eigenvalue weighted by Crippen LogP contribution is 2.25. The van der Waals surface area contributed by atoms with Crippen LogP contribution in [0.25, 0.3) is 10.9 Å². The lowest BCUT2D eigenvalue weighted by Crippen LogP contribution is -2.24. The third-order valence-corrected chi connectivity index (χ3v) is 5.31. The molecule has 0 aliphatic heterocycles. The Morgan fingerprint density at radius 3 is 2.44 bits per heavy atom. The van der Waals surface area contributed by atoms with Crippen LogP contribution in [-0.4, -0.2) is 25.3 Å². The van der Waals surface area contributed by atoms with Gasteiger partial charge in [0.25, 0.3) is 0 Å². The number of rotatable bonds is 4. The first-order valence-corrected chi connectivity index (χ1v) is 9.94. The summed E-state index contributed by atoms with van der Waals surface area (Å²) in [6.45, 7) is 9.41. The molecule has 0 aliphatic rings. The maximum atomic E-state index is 13.0. The van der Waals surface area contributed by atoms with Crippen LogP contribution in [0.3, 0.4) is 0 Å². The Morgan fingerprint density at radius 2 is 1.81 bits per heavy atom. The number of hydrogen-bond acceptors (Lipinski definition) is 4. The van der Waals surface area contributed by atoms with Crippen LogP contribution in [0, 0.1) is 13.8 Å². The third kappa shape index (κ3) is 4.51. The number of benzene rings is 2. The minimum atomic E-state index is -1.46. The van der Waals surface area contributed by atoms with Crippen LogP contribution in [0.5, 0.6) is 0 Å². The van der Waals surface area contributed by atoms with Crippen LogP contribution in [0.15, 0.2) is 47.4 Å². The maximum Gasteiger partial charge on any atom is 0.310 e. The molecule has 2 aromatic carbocycles. The molecule has 0 N–H and O–H groups in total. The van der Waals surface area contributed by atoms with Crippen molar-refractivity contribution in [2.24, 2.45) is 0 Å². The second-order valence-electron chi connectivity index (χ2n) is 7.64. The molecule has 142 valence electrons. The largest absolute Gasteiger partial charge is 0.586 e. The van der Waals surface area contributed by atoms with Crippen molar-refractivity contribution in [3.05, 3.63) is 59.3 Å². The summed E-state index contributed by atoms with van der Waals surface area (Å²) in [6, 6.07) is 13.2. The van der Waals surface area contributed by atoms with E-state index in [1.807, 2.05) is 77.1 Å². The monoisotopic (exact) mass is 384 g/mol. The van der Waals surface area contributed by atoms with Gasteiger partial charge in [0.05, 0.1) is 12.1 Å². The van der Waals surface area contributed by atoms with Crippen molar-refractivity contribution >= 4 is 28.2 Å². The molecule has 6 heteroatoms. The number of carbonyl (C=O) groups excluding carboxylic acids is 1. The van der Waals surface area contributed by atoms with Crippen molar-refractivity contribution < 1.29 is 14.1 Å². The fourth-order valence-electron chi connectivity index (χ4n) is 2.82. The van der Waals surface area contributed by atoms with Gasteiger partial charge in [-0.15, -0.1) is 5.10 Å². The number of aromatic nitrogens is 2. The molecule has 0 fully saturated rings. The lowest BCUT2D eigenvalue weighted by molar-refractivity contribution is -0.153. The molecule has 1 aromatic heterocycles. The zero-order valence-electron chi connectivity index (χ0n) is 16.3. The van der Waals surface area contributed by atoms with E-state index in [0.717, 1.165) is 27.7 Å². The van der Waals surface area contributed by atoms with Gasteiger partial charge < -0.3 is 9.29 Å². The molecule has 1 unspecified atom stereocenters. The lowest BCUT2D eigenvalue weighted by atomic mass is 10.1. The predicted molar refractivity (Wildman–Crippen MR) is 107 cm³/mol. The predicted octanol–water partition coefficient (Wildman–Crippen LogP) is 4.11. The van der Waals surface area contributed by atoms with E-state index in [-0.39, 0.29) is 12.4 Å². The molecule has 27 heavy (non-hydrogen) atoms. The topological polar surface area (TPSA) is 67.2 Å². The van der Waals surface area contributed by atoms with Gasteiger partial charge in [0.15, 0.2) is 4.90 Å². The normalized spacial score (nSPS) is 13.0. The molecule has 5 nitrogen and oxygen atoms in total. The molecule has 0 aliphatic carbocycles. The average Bonchev–Trinajstić information content (AvgIpc) is 2.89. The third-order valence-electron chi connectivity index (χ3n) is 4.05. The summed E-state index contributed by atoms with van der Waals surface area (Å²) in [6.07, 6.45) is 0.161. The molecule has 0 bridgehead atoms. The molecule has 1 atom stereocenters. The first-order valence-electron chi connectivity index (χ1n) is 8.83. The zero-order chi connectivity index (χ0) is 19.8. The molecular formula is C21H24N2O3S. The van der Waals surface area contributed by atoms with Crippen LogP contribution < -0.4 is 0 Å². The molecule has 3 aromatic rings. The highest BCUT2D eigenvalue weighted by atomic mass is 32.2. The van der Waals surface area contributed by atoms with Gasteiger partial charge in [0.1, 0.15) is 22.5 Å². The number of nitrogens with zero attached hydrogens (tertiary/aromatic N) is 2. The summed E-state index contributed by atoms with van der Waals surface area (Å²) in [4.78, 5) is 12.8. The van der Waals surface area contributed by atoms with E-state index in [1.165, 1.54) is 4.09 Å². The van der Waals surface area contributed by atoms with E-state index >= 15 is 0 Å². The van der Waals surface area contributed by atoms with Crippen LogP contribution >= 0.6 is 0 Å². The Kier molecular flexibility index (Phi) is 5.31. The summed E-state index contributed by atoms with van der Waals surface area (Å²) in [5.74, 6) is -0.288. The Bertz CT molecular complexity index is 971. The van der Waals surface area contributed by atoms with E-state index in [2.05, 4.69) is 5.10 Å². The number of aryl methyl sites for hydroxylation is 2. The molecule has 3 rings (SSSR count). The summed E-state index contributed by atoms with van der Waals surface area (Å²) >= 11 is -1.46. The van der Waals surface area contributed by atoms with E-state index in [1.54, 1.807) is 0 Å². The Labute approximate surface area is 162 Å². The number of carbonyl (C=O) groups is 1. The number of ether oxygens (including phenoxy) is 1. The Morgan fingerprint density at radius 1 is 1.15 bits per heavy atom. The second kappa shape index (κ2) is 7.37. The molecule has 1 heterocycles. The summed E-state index contributed by atoms with van der Waals surface area (Å²) in [5, 5.41) is 5.39. The van der Waals surface area contributed by atoms with Crippen molar-refractivity contribution in [2.45, 2.75) is 51.5 Å². The van der Waals surface area contributed by atoms with Crippen molar-refractivity contribution in [3.8, 4) is 0 Å². The van der Waals surface area contributed by atoms with Crippen LogP contribution in [0.4, 0.5) is 0 Å². The van der Waals surface area contributed by atoms with Crippen LogP contribution in [-0.2, 0) is 27.3 Å². The van der Waals surface area contributed by atoms with Crippen molar-refractivity contribution in [2.75, 3.05) is 0 Å². The highest BCUT2D eigenvalue weighted by molar-refractivity contribution is 7.90. The van der Waals surface area contributed by atoms with Crippen LogP contribution in [0.1, 0.15) is 37.6 Å². The Hall–Kier alpha value is -2.31. The molecule has 0 saturated carbocycles. The van der Waals surface area contributed by atoms with E-state index in [4.69, 9.17) is 4.74 Å². The van der Waals surface area contributed by atoms with Gasteiger partial charge in [-0.25, -0.2) is 0 Å². The maximum absolute atomic E-state index is 13.0. The smallest absolute Gasteiger partial charge is 0.310 e. The first-order chi connectivity index (χ1) is 12.6. The van der Waals surface area contributed by atoms with Gasteiger partial charge in [-0.05, 0) is 58.4 Å². The average molecular weight is 385 g/mol. The van der Waals surface area contributed by atoms with E-state index in [9.17, 15) is 9.35 Å². The SMILES string of the molecule is Cc1ccc([S+]([O-])n2nc(C)c3ccc(CC(=O)OC(C)(C)C)cc32)cc1. The summed E-state index contributed by atoms with van der Waals surface area (Å²) in [7, 11) is 0. The van der Waals surface area contributed by atoms with Crippen molar-refractivity contribution in [1.29, 1.82) is 0 Å². The molecular weight excluding hydrogens is 360 g/mol. The number of fused-ring (bicyclic) bond motifs is 1. The van der Waals surface area contributed by atoms with Gasteiger partial charge >= 0.3 is 5.97 Å². The van der Waals surface area contributed by atoms with Gasteiger partial charge in [0, 0.05) is 5.39 Å². The lowest BCUT2D eigenvalue weighted by Gasteiger charge is -2.19. The second-order valence-corrected chi connectivity index (χ2v) is 8.95. The quantitative estimate of drug-likeness (QED) is 0.501. The molecule has 0 saturated heterocycles. The van der Waals surface area contributed by atoms with Gasteiger partial charge in [-0.3, -0.25) is 4.79 Å². The fraction of sp³-hybridized carbons (Fsp3) is 0.333. The highest BCUT2D eigenvalue weighted by Gasteiger charge is 2.22. The number of esters is 1. The minimum absolute atomic E-state index is 0.161. The first kappa shape index (κ1) is 19.5. The summed E-state index contributed by atoms with van der Waals surface area (Å²) in [5.41, 5.74) is 2.93. The van der Waals surface area contributed by atoms with Gasteiger partial charge in [-0.1, -0.05) is 33.9 Å². The van der Waals surface area contributed by atoms with E-state index in [0.29, 0.717) is 4.90 Å². The minimum Gasteiger partial charge on any atom is -0.586 e. The fourth-order valence-corrected chi connectivity index (χ4v) is 3.92. The zero-order valence-corrected chi connectivity index (χ0v) is 17.1. The summed E-state index contributed by atoms with van der Waals surface area (Å²) < 4.78 is 19.9. The van der Waals surface area contributed by atoms with Crippen LogP contribution in [0.2, 0.25) is 0 Å². The molecule has 0 amide bonds. The van der Waals surface area contributed by atoms with Crippen molar-refractivity contribution in [1.82, 2.24) is 9.19 Å². The Balaban J connectivity index is 1.94. The molecule has 0 radical (unpaired) electrons. The standard InChI is InChI=1S/C21H24N2O3S/c1-14-6-9-17(10-7-14)27(25)23-19-12-16(8-11-18(19)15(2)22-23)13-20(24)26-21(3,4)5/h6-12H,13H2,1-5H3. The molecule has 0 spiro atoms. The van der Waals surface area contributed by atoms with E-state index < -0.39 is 17.0 Å². The number of hydrogen-bond donors (Lipinski definition) is 0.